The van der Waals surface area contributed by atoms with Gasteiger partial charge in [0.15, 0.2) is 6.10 Å². The van der Waals surface area contributed by atoms with Crippen LogP contribution in [0.5, 0.6) is 11.5 Å². The van der Waals surface area contributed by atoms with Gasteiger partial charge in [-0.25, -0.2) is 4.79 Å². The van der Waals surface area contributed by atoms with E-state index in [1.165, 1.54) is 6.07 Å². The van der Waals surface area contributed by atoms with Crippen LogP contribution in [-0.2, 0) is 4.79 Å². The lowest BCUT2D eigenvalue weighted by atomic mass is 10.1. The van der Waals surface area contributed by atoms with Gasteiger partial charge in [0.25, 0.3) is 5.91 Å². The standard InChI is InChI=1S/C21H21NO5/c1-12-5-8-18(25-4)17(9-12)22-21(24)14(3)26-15-6-7-16-13(2)10-20(23)27-19(16)11-15/h5-11,14H,1-4H3,(H,22,24)/t14-/m0/s1. The monoisotopic (exact) mass is 367 g/mol. The van der Waals surface area contributed by atoms with E-state index in [2.05, 4.69) is 5.32 Å². The molecule has 0 radical (unpaired) electrons. The Balaban J connectivity index is 1.78. The van der Waals surface area contributed by atoms with Crippen molar-refractivity contribution in [1.82, 2.24) is 0 Å². The molecule has 0 aliphatic heterocycles. The van der Waals surface area contributed by atoms with E-state index in [1.54, 1.807) is 38.3 Å². The smallest absolute Gasteiger partial charge is 0.336 e. The topological polar surface area (TPSA) is 77.8 Å². The predicted octanol–water partition coefficient (Wildman–Crippen LogP) is 3.82. The highest BCUT2D eigenvalue weighted by atomic mass is 16.5. The molecule has 0 aliphatic carbocycles. The first-order chi connectivity index (χ1) is 12.9. The zero-order valence-electron chi connectivity index (χ0n) is 15.7. The van der Waals surface area contributed by atoms with Crippen molar-refractivity contribution >= 4 is 22.6 Å². The molecule has 0 fully saturated rings. The molecule has 3 rings (SSSR count). The van der Waals surface area contributed by atoms with Gasteiger partial charge in [-0.1, -0.05) is 6.07 Å². The molecule has 0 spiro atoms. The van der Waals surface area contributed by atoms with Gasteiger partial charge in [0.1, 0.15) is 17.1 Å². The van der Waals surface area contributed by atoms with Gasteiger partial charge in [-0.3, -0.25) is 4.79 Å². The maximum atomic E-state index is 12.5. The van der Waals surface area contributed by atoms with E-state index in [1.807, 2.05) is 26.0 Å². The van der Waals surface area contributed by atoms with Crippen LogP contribution in [0.25, 0.3) is 11.0 Å². The van der Waals surface area contributed by atoms with Crippen LogP contribution in [0.15, 0.2) is 51.7 Å². The minimum Gasteiger partial charge on any atom is -0.495 e. The largest absolute Gasteiger partial charge is 0.495 e. The first kappa shape index (κ1) is 18.5. The van der Waals surface area contributed by atoms with Crippen LogP contribution in [0.3, 0.4) is 0 Å². The molecule has 6 nitrogen and oxygen atoms in total. The highest BCUT2D eigenvalue weighted by Gasteiger charge is 2.17. The molecular formula is C21H21NO5. The molecule has 1 N–H and O–H groups in total. The Kier molecular flexibility index (Phi) is 5.16. The normalized spacial score (nSPS) is 11.9. The van der Waals surface area contributed by atoms with E-state index in [9.17, 15) is 9.59 Å². The summed E-state index contributed by atoms with van der Waals surface area (Å²) in [4.78, 5) is 24.1. The van der Waals surface area contributed by atoms with Gasteiger partial charge in [0, 0.05) is 17.5 Å². The maximum absolute atomic E-state index is 12.5. The average Bonchev–Trinajstić information content (AvgIpc) is 2.61. The van der Waals surface area contributed by atoms with Crippen LogP contribution >= 0.6 is 0 Å². The Hall–Kier alpha value is -3.28. The summed E-state index contributed by atoms with van der Waals surface area (Å²) < 4.78 is 16.2. The molecule has 1 amide bonds. The Morgan fingerprint density at radius 2 is 1.89 bits per heavy atom. The maximum Gasteiger partial charge on any atom is 0.336 e. The van der Waals surface area contributed by atoms with Crippen molar-refractivity contribution in [1.29, 1.82) is 0 Å². The van der Waals surface area contributed by atoms with Gasteiger partial charge < -0.3 is 19.2 Å². The number of amides is 1. The summed E-state index contributed by atoms with van der Waals surface area (Å²) in [6.07, 6.45) is -0.760. The number of rotatable bonds is 5. The van der Waals surface area contributed by atoms with Crippen molar-refractivity contribution in [2.24, 2.45) is 0 Å². The van der Waals surface area contributed by atoms with E-state index >= 15 is 0 Å². The number of fused-ring (bicyclic) bond motifs is 1. The molecule has 1 aromatic heterocycles. The lowest BCUT2D eigenvalue weighted by Crippen LogP contribution is -2.30. The Morgan fingerprint density at radius 1 is 1.11 bits per heavy atom. The van der Waals surface area contributed by atoms with Crippen molar-refractivity contribution < 1.29 is 18.7 Å². The number of carbonyl (C=O) groups is 1. The Morgan fingerprint density at radius 3 is 2.63 bits per heavy atom. The lowest BCUT2D eigenvalue weighted by molar-refractivity contribution is -0.122. The van der Waals surface area contributed by atoms with Gasteiger partial charge in [-0.05, 0) is 56.2 Å². The SMILES string of the molecule is COc1ccc(C)cc1NC(=O)[C@H](C)Oc1ccc2c(C)cc(=O)oc2c1. The number of benzene rings is 2. The molecule has 6 heteroatoms. The summed E-state index contributed by atoms with van der Waals surface area (Å²) in [5, 5.41) is 3.64. The molecule has 27 heavy (non-hydrogen) atoms. The number of methoxy groups -OCH3 is 1. The molecule has 0 saturated heterocycles. The number of hydrogen-bond acceptors (Lipinski definition) is 5. The predicted molar refractivity (Wildman–Crippen MR) is 104 cm³/mol. The second-order valence-electron chi connectivity index (χ2n) is 6.36. The quantitative estimate of drug-likeness (QED) is 0.694. The van der Waals surface area contributed by atoms with Gasteiger partial charge in [0.05, 0.1) is 12.8 Å². The number of anilines is 1. The van der Waals surface area contributed by atoms with Crippen molar-refractivity contribution in [2.45, 2.75) is 26.9 Å². The number of nitrogens with one attached hydrogen (secondary N) is 1. The fourth-order valence-electron chi connectivity index (χ4n) is 2.79. The van der Waals surface area contributed by atoms with Crippen molar-refractivity contribution in [3.8, 4) is 11.5 Å². The Bertz CT molecular complexity index is 1050. The van der Waals surface area contributed by atoms with Crippen LogP contribution in [-0.4, -0.2) is 19.1 Å². The van der Waals surface area contributed by atoms with Crippen molar-refractivity contribution in [3.63, 3.8) is 0 Å². The molecule has 3 aromatic rings. The van der Waals surface area contributed by atoms with Gasteiger partial charge in [0.2, 0.25) is 0 Å². The van der Waals surface area contributed by atoms with E-state index in [-0.39, 0.29) is 5.91 Å². The van der Waals surface area contributed by atoms with Crippen LogP contribution < -0.4 is 20.4 Å². The number of hydrogen-bond donors (Lipinski definition) is 1. The summed E-state index contributed by atoms with van der Waals surface area (Å²) in [6.45, 7) is 5.42. The molecule has 0 aliphatic rings. The summed E-state index contributed by atoms with van der Waals surface area (Å²) >= 11 is 0. The molecule has 140 valence electrons. The van der Waals surface area contributed by atoms with Crippen LogP contribution in [0.1, 0.15) is 18.1 Å². The highest BCUT2D eigenvalue weighted by molar-refractivity contribution is 5.95. The third kappa shape index (κ3) is 4.11. The Labute approximate surface area is 156 Å². The van der Waals surface area contributed by atoms with Crippen LogP contribution in [0.4, 0.5) is 5.69 Å². The first-order valence-corrected chi connectivity index (χ1v) is 8.54. The number of ether oxygens (including phenoxy) is 2. The minimum atomic E-state index is -0.760. The van der Waals surface area contributed by atoms with E-state index in [4.69, 9.17) is 13.9 Å². The first-order valence-electron chi connectivity index (χ1n) is 8.54. The molecule has 0 saturated carbocycles. The molecule has 2 aromatic carbocycles. The minimum absolute atomic E-state index is 0.315. The fraction of sp³-hybridized carbons (Fsp3) is 0.238. The number of carbonyl (C=O) groups excluding carboxylic acids is 1. The molecular weight excluding hydrogens is 346 g/mol. The zero-order valence-corrected chi connectivity index (χ0v) is 15.7. The van der Waals surface area contributed by atoms with Gasteiger partial charge >= 0.3 is 5.63 Å². The highest BCUT2D eigenvalue weighted by Crippen LogP contribution is 2.26. The van der Waals surface area contributed by atoms with Crippen molar-refractivity contribution in [3.05, 3.63) is 64.0 Å². The second-order valence-corrected chi connectivity index (χ2v) is 6.36. The zero-order chi connectivity index (χ0) is 19.6. The summed E-state index contributed by atoms with van der Waals surface area (Å²) in [5.41, 5.74) is 2.41. The van der Waals surface area contributed by atoms with Crippen LogP contribution in [0, 0.1) is 13.8 Å². The third-order valence-electron chi connectivity index (χ3n) is 4.22. The van der Waals surface area contributed by atoms with Crippen LogP contribution in [0.2, 0.25) is 0 Å². The van der Waals surface area contributed by atoms with E-state index in [0.717, 1.165) is 16.5 Å². The van der Waals surface area contributed by atoms with E-state index in [0.29, 0.717) is 22.8 Å². The molecule has 1 atom stereocenters. The molecule has 0 bridgehead atoms. The molecule has 0 unspecified atom stereocenters. The van der Waals surface area contributed by atoms with Gasteiger partial charge in [-0.15, -0.1) is 0 Å². The summed E-state index contributed by atoms with van der Waals surface area (Å²) in [7, 11) is 1.55. The number of aryl methyl sites for hydroxylation is 2. The summed E-state index contributed by atoms with van der Waals surface area (Å²) in [5.74, 6) is 0.698. The van der Waals surface area contributed by atoms with Crippen molar-refractivity contribution in [2.75, 3.05) is 12.4 Å². The third-order valence-corrected chi connectivity index (χ3v) is 4.22. The molecule has 1 heterocycles. The van der Waals surface area contributed by atoms with E-state index < -0.39 is 11.7 Å². The lowest BCUT2D eigenvalue weighted by Gasteiger charge is -2.16. The van der Waals surface area contributed by atoms with Gasteiger partial charge in [-0.2, -0.15) is 0 Å². The second kappa shape index (κ2) is 7.53. The fourth-order valence-corrected chi connectivity index (χ4v) is 2.79. The average molecular weight is 367 g/mol. The summed E-state index contributed by atoms with van der Waals surface area (Å²) in [6, 6.07) is 12.1.